The van der Waals surface area contributed by atoms with Gasteiger partial charge < -0.3 is 0 Å². The fourth-order valence-electron chi connectivity index (χ4n) is 5.52. The molecule has 8 rings (SSSR count). The zero-order valence-corrected chi connectivity index (χ0v) is 18.6. The van der Waals surface area contributed by atoms with Gasteiger partial charge in [-0.15, -0.1) is 0 Å². The lowest BCUT2D eigenvalue weighted by Gasteiger charge is -2.02. The summed E-state index contributed by atoms with van der Waals surface area (Å²) >= 11 is 6.19. The second kappa shape index (κ2) is 7.07. The van der Waals surface area contributed by atoms with Crippen LogP contribution in [0, 0.1) is 0 Å². The van der Waals surface area contributed by atoms with Crippen molar-refractivity contribution in [2.24, 2.45) is 0 Å². The average Bonchev–Trinajstić information content (AvgIpc) is 3.36. The van der Waals surface area contributed by atoms with E-state index in [9.17, 15) is 0 Å². The summed E-state index contributed by atoms with van der Waals surface area (Å²) < 4.78 is 0. The van der Waals surface area contributed by atoms with Crippen LogP contribution in [0.1, 0.15) is 0 Å². The molecule has 2 aliphatic rings. The van der Waals surface area contributed by atoms with Crippen LogP contribution in [-0.2, 0) is 0 Å². The summed E-state index contributed by atoms with van der Waals surface area (Å²) in [4.78, 5) is 0. The third kappa shape index (κ3) is 2.71. The van der Waals surface area contributed by atoms with E-state index in [1.807, 2.05) is 6.07 Å². The zero-order valence-electron chi connectivity index (χ0n) is 17.8. The van der Waals surface area contributed by atoms with Gasteiger partial charge >= 0.3 is 0 Å². The molecule has 0 heterocycles. The first-order valence-corrected chi connectivity index (χ1v) is 11.6. The number of fused-ring (bicyclic) bond motifs is 6. The number of rotatable bonds is 0. The molecule has 0 saturated carbocycles. The number of hydrogen-bond donors (Lipinski definition) is 0. The maximum Gasteiger partial charge on any atom is 0.0418 e. The van der Waals surface area contributed by atoms with Gasteiger partial charge in [0.1, 0.15) is 0 Å². The molecule has 0 radical (unpaired) electrons. The van der Waals surface area contributed by atoms with Crippen molar-refractivity contribution >= 4 is 33.1 Å². The van der Waals surface area contributed by atoms with Crippen molar-refractivity contribution in [3.05, 3.63) is 120 Å². The first-order valence-electron chi connectivity index (χ1n) is 11.2. The molecule has 0 fully saturated rings. The van der Waals surface area contributed by atoms with Crippen molar-refractivity contribution in [1.82, 2.24) is 0 Å². The minimum absolute atomic E-state index is 0.807. The Hall–Kier alpha value is -3.87. The standard InChI is InChI=1S/C16H9Cl.C16H10/c17-11-8-10-4-3-7-14-12-5-1-2-6-13(12)15(9-11)16(10)14;1-2-8-13-12(7-1)14-9-3-5-11-6-4-10-15(13)16(11)14/h1-9H;1-10H. The van der Waals surface area contributed by atoms with E-state index in [1.54, 1.807) is 0 Å². The van der Waals surface area contributed by atoms with Crippen LogP contribution in [0.3, 0.4) is 0 Å². The van der Waals surface area contributed by atoms with E-state index in [-0.39, 0.29) is 0 Å². The molecular weight excluding hydrogens is 420 g/mol. The van der Waals surface area contributed by atoms with Gasteiger partial charge in [0.05, 0.1) is 0 Å². The van der Waals surface area contributed by atoms with E-state index in [2.05, 4.69) is 109 Å². The fourth-order valence-corrected chi connectivity index (χ4v) is 5.75. The molecule has 0 unspecified atom stereocenters. The molecule has 2 aliphatic carbocycles. The molecule has 0 saturated heterocycles. The summed E-state index contributed by atoms with van der Waals surface area (Å²) in [6, 6.07) is 40.8. The van der Waals surface area contributed by atoms with E-state index in [0.29, 0.717) is 0 Å². The molecule has 0 spiro atoms. The van der Waals surface area contributed by atoms with E-state index >= 15 is 0 Å². The molecule has 0 nitrogen and oxygen atoms in total. The SMILES string of the molecule is Clc1cc2c3c(cccc3c1)-c1ccccc1-2.c1ccc2c(c1)-c1cccc3cccc-2c13. The van der Waals surface area contributed by atoms with Crippen LogP contribution < -0.4 is 0 Å². The van der Waals surface area contributed by atoms with Crippen LogP contribution in [0.2, 0.25) is 5.02 Å². The first-order chi connectivity index (χ1) is 16.3. The molecule has 0 aromatic heterocycles. The maximum atomic E-state index is 6.19. The molecule has 1 heteroatoms. The van der Waals surface area contributed by atoms with Crippen LogP contribution in [0.4, 0.5) is 0 Å². The Morgan fingerprint density at radius 3 is 1.24 bits per heavy atom. The van der Waals surface area contributed by atoms with E-state index in [1.165, 1.54) is 66.1 Å². The van der Waals surface area contributed by atoms with Gasteiger partial charge in [-0.3, -0.25) is 0 Å². The quantitative estimate of drug-likeness (QED) is 0.221. The molecule has 0 atom stereocenters. The van der Waals surface area contributed by atoms with Crippen molar-refractivity contribution < 1.29 is 0 Å². The maximum absolute atomic E-state index is 6.19. The van der Waals surface area contributed by atoms with Gasteiger partial charge in [0, 0.05) is 5.02 Å². The Kier molecular flexibility index (Phi) is 4.00. The molecular formula is C32H19Cl. The number of benzene rings is 6. The summed E-state index contributed by atoms with van der Waals surface area (Å²) in [5.74, 6) is 0. The van der Waals surface area contributed by atoms with Crippen LogP contribution in [0.25, 0.3) is 66.1 Å². The molecule has 0 amide bonds. The highest BCUT2D eigenvalue weighted by molar-refractivity contribution is 6.33. The normalized spacial score (nSPS) is 11.8. The van der Waals surface area contributed by atoms with Gasteiger partial charge in [0.25, 0.3) is 0 Å². The molecule has 0 N–H and O–H groups in total. The molecule has 33 heavy (non-hydrogen) atoms. The van der Waals surface area contributed by atoms with Gasteiger partial charge in [-0.05, 0) is 78.2 Å². The van der Waals surface area contributed by atoms with Crippen LogP contribution in [0.15, 0.2) is 115 Å². The number of halogens is 1. The van der Waals surface area contributed by atoms with E-state index in [0.717, 1.165) is 5.02 Å². The lowest BCUT2D eigenvalue weighted by Crippen LogP contribution is -1.75. The Morgan fingerprint density at radius 1 is 0.333 bits per heavy atom. The van der Waals surface area contributed by atoms with Crippen LogP contribution in [-0.4, -0.2) is 0 Å². The summed E-state index contributed by atoms with van der Waals surface area (Å²) in [5.41, 5.74) is 10.7. The summed E-state index contributed by atoms with van der Waals surface area (Å²) in [5, 5.41) is 6.11. The predicted molar refractivity (Wildman–Crippen MR) is 142 cm³/mol. The van der Waals surface area contributed by atoms with Crippen LogP contribution >= 0.6 is 11.6 Å². The Bertz CT molecular complexity index is 1670. The number of hydrogen-bond acceptors (Lipinski definition) is 0. The predicted octanol–water partition coefficient (Wildman–Crippen LogP) is 9.63. The largest absolute Gasteiger partial charge is 0.0843 e. The van der Waals surface area contributed by atoms with Gasteiger partial charge in [0.2, 0.25) is 0 Å². The van der Waals surface area contributed by atoms with E-state index in [4.69, 9.17) is 11.6 Å². The molecule has 6 aromatic carbocycles. The lowest BCUT2D eigenvalue weighted by molar-refractivity contribution is 1.70. The third-order valence-electron chi connectivity index (χ3n) is 6.86. The Labute approximate surface area is 197 Å². The molecule has 6 aromatic rings. The third-order valence-corrected chi connectivity index (χ3v) is 7.08. The van der Waals surface area contributed by atoms with Crippen molar-refractivity contribution in [3.63, 3.8) is 0 Å². The second-order valence-corrected chi connectivity index (χ2v) is 9.09. The van der Waals surface area contributed by atoms with Crippen molar-refractivity contribution in [2.75, 3.05) is 0 Å². The van der Waals surface area contributed by atoms with Crippen molar-refractivity contribution in [1.29, 1.82) is 0 Å². The molecule has 0 aliphatic heterocycles. The van der Waals surface area contributed by atoms with Crippen molar-refractivity contribution in [3.8, 4) is 44.5 Å². The second-order valence-electron chi connectivity index (χ2n) is 8.66. The summed E-state index contributed by atoms with van der Waals surface area (Å²) in [6.45, 7) is 0. The monoisotopic (exact) mass is 438 g/mol. The summed E-state index contributed by atoms with van der Waals surface area (Å²) in [6.07, 6.45) is 0. The topological polar surface area (TPSA) is 0 Å². The highest BCUT2D eigenvalue weighted by Gasteiger charge is 2.21. The molecule has 154 valence electrons. The average molecular weight is 439 g/mol. The minimum Gasteiger partial charge on any atom is -0.0843 e. The fraction of sp³-hybridized carbons (Fsp3) is 0. The van der Waals surface area contributed by atoms with Gasteiger partial charge in [0.15, 0.2) is 0 Å². The van der Waals surface area contributed by atoms with Crippen LogP contribution in [0.5, 0.6) is 0 Å². The Balaban J connectivity index is 0.000000115. The first kappa shape index (κ1) is 18.7. The highest BCUT2D eigenvalue weighted by atomic mass is 35.5. The lowest BCUT2D eigenvalue weighted by atomic mass is 10.0. The highest BCUT2D eigenvalue weighted by Crippen LogP contribution is 2.48. The van der Waals surface area contributed by atoms with Crippen molar-refractivity contribution in [2.45, 2.75) is 0 Å². The van der Waals surface area contributed by atoms with Gasteiger partial charge in [-0.2, -0.15) is 0 Å². The minimum atomic E-state index is 0.807. The zero-order chi connectivity index (χ0) is 21.9. The van der Waals surface area contributed by atoms with Gasteiger partial charge in [-0.1, -0.05) is 115 Å². The van der Waals surface area contributed by atoms with E-state index < -0.39 is 0 Å². The molecule has 0 bridgehead atoms. The van der Waals surface area contributed by atoms with Gasteiger partial charge in [-0.25, -0.2) is 0 Å². The Morgan fingerprint density at radius 2 is 0.727 bits per heavy atom. The smallest absolute Gasteiger partial charge is 0.0418 e. The summed E-state index contributed by atoms with van der Waals surface area (Å²) in [7, 11) is 0.